The van der Waals surface area contributed by atoms with Crippen LogP contribution in [0.2, 0.25) is 5.15 Å². The quantitative estimate of drug-likeness (QED) is 0.754. The molecule has 0 saturated carbocycles. The Balaban J connectivity index is 1.98. The lowest BCUT2D eigenvalue weighted by Crippen LogP contribution is -2.22. The van der Waals surface area contributed by atoms with Crippen LogP contribution in [0.5, 0.6) is 0 Å². The van der Waals surface area contributed by atoms with Gasteiger partial charge < -0.3 is 10.6 Å². The molecule has 6 heteroatoms. The summed E-state index contributed by atoms with van der Waals surface area (Å²) in [6.07, 6.45) is 1.12. The Morgan fingerprint density at radius 2 is 2.50 bits per heavy atom. The van der Waals surface area contributed by atoms with Gasteiger partial charge in [0.1, 0.15) is 0 Å². The molecule has 12 heavy (non-hydrogen) atoms. The number of nitrogens with one attached hydrogen (secondary N) is 2. The minimum absolute atomic E-state index is 0.450. The minimum atomic E-state index is 0.450. The third kappa shape index (κ3) is 1.68. The van der Waals surface area contributed by atoms with Gasteiger partial charge in [-0.15, -0.1) is 0 Å². The second-order valence-electron chi connectivity index (χ2n) is 2.74. The second-order valence-corrected chi connectivity index (χ2v) is 3.62. The highest BCUT2D eigenvalue weighted by atomic mass is 35.5. The van der Waals surface area contributed by atoms with Gasteiger partial charge in [-0.3, -0.25) is 0 Å². The van der Waals surface area contributed by atoms with E-state index in [0.29, 0.717) is 11.2 Å². The maximum atomic E-state index is 5.77. The van der Waals surface area contributed by atoms with Crippen LogP contribution in [-0.2, 0) is 0 Å². The van der Waals surface area contributed by atoms with Gasteiger partial charge in [0.25, 0.3) is 0 Å². The maximum absolute atomic E-state index is 5.77. The first-order valence-corrected chi connectivity index (χ1v) is 4.92. The molecule has 66 valence electrons. The molecule has 0 radical (unpaired) electrons. The van der Waals surface area contributed by atoms with Crippen molar-refractivity contribution in [2.45, 2.75) is 12.5 Å². The smallest absolute Gasteiger partial charge is 0.186 e. The predicted molar refractivity (Wildman–Crippen MR) is 49.8 cm³/mol. The summed E-state index contributed by atoms with van der Waals surface area (Å²) in [5, 5.41) is 6.96. The number of nitrogens with zero attached hydrogens (tertiary/aromatic N) is 2. The molecule has 1 aromatic heterocycles. The van der Waals surface area contributed by atoms with Crippen LogP contribution in [0.3, 0.4) is 0 Å². The van der Waals surface area contributed by atoms with Gasteiger partial charge >= 0.3 is 0 Å². The van der Waals surface area contributed by atoms with E-state index in [9.17, 15) is 0 Å². The van der Waals surface area contributed by atoms with Crippen molar-refractivity contribution in [3.8, 4) is 0 Å². The highest BCUT2D eigenvalue weighted by Crippen LogP contribution is 2.19. The number of anilines is 1. The van der Waals surface area contributed by atoms with Crippen molar-refractivity contribution in [2.75, 3.05) is 18.4 Å². The molecular formula is C6H9ClN4S. The summed E-state index contributed by atoms with van der Waals surface area (Å²) in [4.78, 5) is 0. The molecule has 2 N–H and O–H groups in total. The van der Waals surface area contributed by atoms with Crippen molar-refractivity contribution in [3.63, 3.8) is 0 Å². The molecule has 0 spiro atoms. The van der Waals surface area contributed by atoms with Gasteiger partial charge in [0, 0.05) is 12.6 Å². The summed E-state index contributed by atoms with van der Waals surface area (Å²) < 4.78 is 7.91. The molecule has 0 unspecified atom stereocenters. The zero-order valence-corrected chi connectivity index (χ0v) is 7.95. The van der Waals surface area contributed by atoms with Crippen LogP contribution < -0.4 is 10.6 Å². The van der Waals surface area contributed by atoms with Crippen LogP contribution >= 0.6 is 23.3 Å². The third-order valence-electron chi connectivity index (χ3n) is 1.85. The van der Waals surface area contributed by atoms with Gasteiger partial charge in [0.2, 0.25) is 0 Å². The average molecular weight is 205 g/mol. The van der Waals surface area contributed by atoms with E-state index in [1.807, 2.05) is 0 Å². The molecule has 1 aliphatic rings. The van der Waals surface area contributed by atoms with E-state index in [-0.39, 0.29) is 0 Å². The van der Waals surface area contributed by atoms with Crippen molar-refractivity contribution >= 4 is 29.1 Å². The molecule has 1 fully saturated rings. The number of hydrogen-bond acceptors (Lipinski definition) is 5. The fourth-order valence-electron chi connectivity index (χ4n) is 1.24. The van der Waals surface area contributed by atoms with E-state index in [0.717, 1.165) is 37.1 Å². The first-order chi connectivity index (χ1) is 5.86. The molecule has 1 aliphatic heterocycles. The number of aromatic nitrogens is 2. The van der Waals surface area contributed by atoms with Crippen LogP contribution in [0, 0.1) is 0 Å². The third-order valence-corrected chi connectivity index (χ3v) is 2.74. The summed E-state index contributed by atoms with van der Waals surface area (Å²) in [6, 6.07) is 0.450. The SMILES string of the molecule is Clc1nsnc1N[C@H]1CCNC1. The van der Waals surface area contributed by atoms with Crippen molar-refractivity contribution in [2.24, 2.45) is 0 Å². The van der Waals surface area contributed by atoms with E-state index in [1.54, 1.807) is 0 Å². The van der Waals surface area contributed by atoms with Crippen LogP contribution in [0.4, 0.5) is 5.82 Å². The molecule has 2 heterocycles. The normalized spacial score (nSPS) is 22.9. The predicted octanol–water partition coefficient (Wildman–Crippen LogP) is 0.965. The fraction of sp³-hybridized carbons (Fsp3) is 0.667. The number of hydrogen-bond donors (Lipinski definition) is 2. The molecule has 2 rings (SSSR count). The lowest BCUT2D eigenvalue weighted by Gasteiger charge is -2.08. The van der Waals surface area contributed by atoms with Gasteiger partial charge in [0.05, 0.1) is 11.7 Å². The minimum Gasteiger partial charge on any atom is -0.363 e. The van der Waals surface area contributed by atoms with Crippen LogP contribution in [0.15, 0.2) is 0 Å². The summed E-state index contributed by atoms with van der Waals surface area (Å²) in [6.45, 7) is 2.04. The van der Waals surface area contributed by atoms with Crippen molar-refractivity contribution in [3.05, 3.63) is 5.15 Å². The monoisotopic (exact) mass is 204 g/mol. The van der Waals surface area contributed by atoms with E-state index >= 15 is 0 Å². The van der Waals surface area contributed by atoms with Gasteiger partial charge in [-0.25, -0.2) is 0 Å². The maximum Gasteiger partial charge on any atom is 0.186 e. The molecule has 0 aromatic carbocycles. The molecule has 0 aliphatic carbocycles. The van der Waals surface area contributed by atoms with Crippen molar-refractivity contribution < 1.29 is 0 Å². The lowest BCUT2D eigenvalue weighted by molar-refractivity contribution is 0.790. The molecule has 1 aromatic rings. The Morgan fingerprint density at radius 1 is 1.58 bits per heavy atom. The number of rotatable bonds is 2. The first-order valence-electron chi connectivity index (χ1n) is 3.81. The highest BCUT2D eigenvalue weighted by Gasteiger charge is 2.16. The topological polar surface area (TPSA) is 49.8 Å². The molecule has 0 bridgehead atoms. The summed E-state index contributed by atoms with van der Waals surface area (Å²) in [7, 11) is 0. The summed E-state index contributed by atoms with van der Waals surface area (Å²) in [5.41, 5.74) is 0. The Hall–Kier alpha value is -0.390. The first kappa shape index (κ1) is 8.22. The van der Waals surface area contributed by atoms with Gasteiger partial charge in [-0.05, 0) is 13.0 Å². The Labute approximate surface area is 79.7 Å². The zero-order valence-electron chi connectivity index (χ0n) is 6.38. The van der Waals surface area contributed by atoms with E-state index in [4.69, 9.17) is 11.6 Å². The van der Waals surface area contributed by atoms with Crippen molar-refractivity contribution in [1.82, 2.24) is 14.1 Å². The molecule has 0 amide bonds. The van der Waals surface area contributed by atoms with Crippen LogP contribution in [0.1, 0.15) is 6.42 Å². The van der Waals surface area contributed by atoms with Crippen LogP contribution in [0.25, 0.3) is 0 Å². The molecular weight excluding hydrogens is 196 g/mol. The largest absolute Gasteiger partial charge is 0.363 e. The lowest BCUT2D eigenvalue weighted by atomic mass is 10.3. The second kappa shape index (κ2) is 3.55. The molecule has 1 saturated heterocycles. The van der Waals surface area contributed by atoms with Gasteiger partial charge in [0.15, 0.2) is 11.0 Å². The van der Waals surface area contributed by atoms with Crippen molar-refractivity contribution in [1.29, 1.82) is 0 Å². The van der Waals surface area contributed by atoms with Crippen LogP contribution in [-0.4, -0.2) is 27.9 Å². The Bertz CT molecular complexity index is 258. The standard InChI is InChI=1S/C6H9ClN4S/c7-5-6(11-12-10-5)9-4-1-2-8-3-4/h4,8H,1-3H2,(H,9,11)/t4-/m0/s1. The zero-order chi connectivity index (χ0) is 8.39. The summed E-state index contributed by atoms with van der Waals surface area (Å²) >= 11 is 6.91. The fourth-order valence-corrected chi connectivity index (χ4v) is 1.89. The Morgan fingerprint density at radius 3 is 3.08 bits per heavy atom. The molecule has 1 atom stereocenters. The van der Waals surface area contributed by atoms with E-state index in [2.05, 4.69) is 19.4 Å². The number of halogens is 1. The molecule has 4 nitrogen and oxygen atoms in total. The highest BCUT2D eigenvalue weighted by molar-refractivity contribution is 6.99. The average Bonchev–Trinajstić information content (AvgIpc) is 2.65. The summed E-state index contributed by atoms with van der Waals surface area (Å²) in [5.74, 6) is 0.718. The van der Waals surface area contributed by atoms with Gasteiger partial charge in [-0.2, -0.15) is 8.75 Å². The van der Waals surface area contributed by atoms with Gasteiger partial charge in [-0.1, -0.05) is 11.6 Å². The Kier molecular flexibility index (Phi) is 2.43. The van der Waals surface area contributed by atoms with E-state index in [1.165, 1.54) is 0 Å². The van der Waals surface area contributed by atoms with E-state index < -0.39 is 0 Å².